The van der Waals surface area contributed by atoms with E-state index in [1.807, 2.05) is 36.4 Å². The summed E-state index contributed by atoms with van der Waals surface area (Å²) in [7, 11) is 0. The Kier molecular flexibility index (Phi) is 9.46. The van der Waals surface area contributed by atoms with Crippen molar-refractivity contribution in [2.75, 3.05) is 0 Å². The first-order valence-corrected chi connectivity index (χ1v) is 26.0. The van der Waals surface area contributed by atoms with Gasteiger partial charge in [0.15, 0.2) is 11.2 Å². The molecule has 0 bridgehead atoms. The third-order valence-corrected chi connectivity index (χ3v) is 16.6. The summed E-state index contributed by atoms with van der Waals surface area (Å²) in [6, 6.07) is 57.6. The number of fused-ring (bicyclic) bond motifs is 14. The molecule has 0 spiro atoms. The maximum Gasteiger partial charge on any atom is 0.160 e. The van der Waals surface area contributed by atoms with Crippen LogP contribution in [-0.4, -0.2) is 9.13 Å². The Balaban J connectivity index is 1.28. The van der Waals surface area contributed by atoms with Crippen LogP contribution in [0.25, 0.3) is 121 Å². The number of nitrogens with zero attached hydrogens (tertiary/aromatic N) is 2. The van der Waals surface area contributed by atoms with Gasteiger partial charge in [0.05, 0.1) is 33.4 Å². The molecule has 2 aliphatic rings. The fourth-order valence-corrected chi connectivity index (χ4v) is 13.6. The second-order valence-electron chi connectivity index (χ2n) is 20.5. The highest BCUT2D eigenvalue weighted by Gasteiger charge is 2.39. The smallest absolute Gasteiger partial charge is 0.160 e. The van der Waals surface area contributed by atoms with E-state index >= 15 is 8.78 Å². The molecule has 0 amide bonds. The Hall–Kier alpha value is -7.96. The normalized spacial score (nSPS) is 15.2. The SMILES string of the molecule is Fc1ccccc1-c1c(C2CCCCC2)c(-c2ccccc2F)c(-n2c3ccccc3c3ccc4c5ccccc5oc4c32)c(C2CCCCC2)c1-n1c2ccccc2c2ccc3c4ccccc4oc3c21. The summed E-state index contributed by atoms with van der Waals surface area (Å²) in [5, 5.41) is 8.45. The van der Waals surface area contributed by atoms with Gasteiger partial charge in [0, 0.05) is 70.9 Å². The molecule has 4 heterocycles. The van der Waals surface area contributed by atoms with E-state index in [-0.39, 0.29) is 23.5 Å². The molecule has 0 atom stereocenters. The van der Waals surface area contributed by atoms with E-state index in [1.165, 1.54) is 0 Å². The molecule has 2 fully saturated rings. The maximum absolute atomic E-state index is 17.8. The summed E-state index contributed by atoms with van der Waals surface area (Å²) >= 11 is 0. The average molecular weight is 941 g/mol. The van der Waals surface area contributed by atoms with E-state index in [0.717, 1.165) is 185 Å². The van der Waals surface area contributed by atoms with Gasteiger partial charge in [0.1, 0.15) is 22.8 Å². The zero-order valence-corrected chi connectivity index (χ0v) is 39.9. The van der Waals surface area contributed by atoms with Gasteiger partial charge in [-0.1, -0.05) is 160 Å². The van der Waals surface area contributed by atoms with Crippen LogP contribution in [0.2, 0.25) is 0 Å². The molecule has 2 saturated carbocycles. The second kappa shape index (κ2) is 16.3. The van der Waals surface area contributed by atoms with Crippen molar-refractivity contribution >= 4 is 87.5 Å². The van der Waals surface area contributed by atoms with E-state index in [4.69, 9.17) is 8.83 Å². The van der Waals surface area contributed by atoms with Crippen molar-refractivity contribution in [1.29, 1.82) is 0 Å². The Morgan fingerprint density at radius 2 is 0.722 bits per heavy atom. The Morgan fingerprint density at radius 3 is 1.18 bits per heavy atom. The van der Waals surface area contributed by atoms with Crippen LogP contribution < -0.4 is 0 Å². The molecule has 6 heteroatoms. The summed E-state index contributed by atoms with van der Waals surface area (Å²) in [4.78, 5) is 0. The van der Waals surface area contributed by atoms with Crippen molar-refractivity contribution in [3.8, 4) is 33.6 Å². The highest BCUT2D eigenvalue weighted by Crippen LogP contribution is 2.57. The third kappa shape index (κ3) is 6.01. The Morgan fingerprint density at radius 1 is 0.347 bits per heavy atom. The Labute approximate surface area is 414 Å². The summed E-state index contributed by atoms with van der Waals surface area (Å²) in [6.07, 6.45) is 10.0. The van der Waals surface area contributed by atoms with Crippen molar-refractivity contribution in [1.82, 2.24) is 9.13 Å². The van der Waals surface area contributed by atoms with Gasteiger partial charge >= 0.3 is 0 Å². The molecule has 0 saturated heterocycles. The number of furan rings is 2. The second-order valence-corrected chi connectivity index (χ2v) is 20.5. The average Bonchev–Trinajstić information content (AvgIpc) is 4.19. The van der Waals surface area contributed by atoms with Crippen LogP contribution in [0, 0.1) is 11.6 Å². The first-order chi connectivity index (χ1) is 35.6. The monoisotopic (exact) mass is 940 g/mol. The highest BCUT2D eigenvalue weighted by molar-refractivity contribution is 6.24. The minimum atomic E-state index is -0.298. The van der Waals surface area contributed by atoms with Gasteiger partial charge in [-0.25, -0.2) is 8.78 Å². The summed E-state index contributed by atoms with van der Waals surface area (Å²) < 4.78 is 54.7. The van der Waals surface area contributed by atoms with Crippen molar-refractivity contribution < 1.29 is 17.6 Å². The van der Waals surface area contributed by atoms with Gasteiger partial charge in [-0.15, -0.1) is 0 Å². The number of hydrogen-bond acceptors (Lipinski definition) is 2. The molecule has 0 N–H and O–H groups in total. The van der Waals surface area contributed by atoms with Crippen LogP contribution in [-0.2, 0) is 0 Å². The molecule has 15 rings (SSSR count). The fourth-order valence-electron chi connectivity index (χ4n) is 13.6. The maximum atomic E-state index is 17.8. The molecule has 0 aliphatic heterocycles. The van der Waals surface area contributed by atoms with E-state index in [0.29, 0.717) is 11.1 Å². The molecule has 4 aromatic heterocycles. The lowest BCUT2D eigenvalue weighted by Crippen LogP contribution is -2.20. The summed E-state index contributed by atoms with van der Waals surface area (Å²) in [5.41, 5.74) is 13.9. The molecule has 4 nitrogen and oxygen atoms in total. The molecule has 9 aromatic carbocycles. The zero-order chi connectivity index (χ0) is 47.6. The van der Waals surface area contributed by atoms with E-state index in [2.05, 4.69) is 118 Å². The predicted octanol–water partition coefficient (Wildman–Crippen LogP) is 19.4. The first kappa shape index (κ1) is 41.8. The Bertz CT molecular complexity index is 4080. The quantitative estimate of drug-likeness (QED) is 0.167. The molecule has 13 aromatic rings. The molecule has 2 aliphatic carbocycles. The molecule has 350 valence electrons. The molecular formula is C66H50F2N2O2. The van der Waals surface area contributed by atoms with Gasteiger partial charge in [-0.2, -0.15) is 0 Å². The number of para-hydroxylation sites is 4. The van der Waals surface area contributed by atoms with Crippen molar-refractivity contribution in [2.45, 2.75) is 76.0 Å². The number of halogens is 2. The van der Waals surface area contributed by atoms with Gasteiger partial charge in [0.2, 0.25) is 0 Å². The van der Waals surface area contributed by atoms with Crippen LogP contribution in [0.1, 0.15) is 87.2 Å². The van der Waals surface area contributed by atoms with Crippen LogP contribution in [0.5, 0.6) is 0 Å². The van der Waals surface area contributed by atoms with E-state index in [9.17, 15) is 0 Å². The van der Waals surface area contributed by atoms with Crippen molar-refractivity contribution in [3.05, 3.63) is 193 Å². The van der Waals surface area contributed by atoms with Crippen LogP contribution >= 0.6 is 0 Å². The van der Waals surface area contributed by atoms with E-state index < -0.39 is 0 Å². The molecular weight excluding hydrogens is 891 g/mol. The minimum Gasteiger partial charge on any atom is -0.454 e. The predicted molar refractivity (Wildman–Crippen MR) is 292 cm³/mol. The summed E-state index contributed by atoms with van der Waals surface area (Å²) in [6.45, 7) is 0. The fraction of sp³-hybridized carbons (Fsp3) is 0.182. The minimum absolute atomic E-state index is 0.0115. The number of hydrogen-bond donors (Lipinski definition) is 0. The number of rotatable bonds is 6. The molecule has 72 heavy (non-hydrogen) atoms. The van der Waals surface area contributed by atoms with Gasteiger partial charge in [0.25, 0.3) is 0 Å². The summed E-state index contributed by atoms with van der Waals surface area (Å²) in [5.74, 6) is -0.599. The lowest BCUT2D eigenvalue weighted by Gasteiger charge is -2.37. The number of benzene rings is 9. The van der Waals surface area contributed by atoms with Gasteiger partial charge in [-0.05, 0) is 91.6 Å². The zero-order valence-electron chi connectivity index (χ0n) is 39.9. The first-order valence-electron chi connectivity index (χ1n) is 26.0. The van der Waals surface area contributed by atoms with Crippen LogP contribution in [0.4, 0.5) is 8.78 Å². The third-order valence-electron chi connectivity index (χ3n) is 16.6. The van der Waals surface area contributed by atoms with Crippen molar-refractivity contribution in [3.63, 3.8) is 0 Å². The standard InChI is InChI=1S/C66H50F2N2O2/c67-51-29-13-7-27-49(51)59-57(39-19-3-1-4-20-39)60(50-28-8-14-30-52(50)68)64(70-54-32-16-10-24-42(54)46-36-38-48-44-26-12-18-34-56(44)72-66(48)62(46)70)58(40-21-5-2-6-22-40)63(59)69-53-31-15-9-23-41(53)45-35-37-47-43-25-11-17-33-55(43)71-65(47)61(45)69/h7-18,23-40H,1-6,19-22H2. The van der Waals surface area contributed by atoms with E-state index in [1.54, 1.807) is 24.3 Å². The lowest BCUT2D eigenvalue weighted by atomic mass is 9.72. The van der Waals surface area contributed by atoms with Crippen LogP contribution in [0.15, 0.2) is 179 Å². The van der Waals surface area contributed by atoms with Crippen LogP contribution in [0.3, 0.4) is 0 Å². The largest absolute Gasteiger partial charge is 0.454 e. The topological polar surface area (TPSA) is 36.1 Å². The molecule has 0 radical (unpaired) electrons. The van der Waals surface area contributed by atoms with Gasteiger partial charge in [-0.3, -0.25) is 0 Å². The molecule has 0 unspecified atom stereocenters. The number of aromatic nitrogens is 2. The van der Waals surface area contributed by atoms with Gasteiger partial charge < -0.3 is 18.0 Å². The lowest BCUT2D eigenvalue weighted by molar-refractivity contribution is 0.439. The highest BCUT2D eigenvalue weighted by atomic mass is 19.1. The van der Waals surface area contributed by atoms with Crippen molar-refractivity contribution in [2.24, 2.45) is 0 Å².